The number of aliphatic carboxylic acids is 1. The van der Waals surface area contributed by atoms with Gasteiger partial charge in [0, 0.05) is 6.42 Å². The third-order valence-electron chi connectivity index (χ3n) is 3.31. The molecule has 0 aliphatic heterocycles. The average molecular weight is 360 g/mol. The van der Waals surface area contributed by atoms with Crippen LogP contribution in [0.15, 0.2) is 72.9 Å². The summed E-state index contributed by atoms with van der Waals surface area (Å²) < 4.78 is 0. The normalized spacial score (nSPS) is 15.5. The van der Waals surface area contributed by atoms with Crippen molar-refractivity contribution in [2.24, 2.45) is 0 Å². The maximum atomic E-state index is 10.4. The highest BCUT2D eigenvalue weighted by Gasteiger charge is 2.02. The van der Waals surface area contributed by atoms with Crippen LogP contribution in [0.4, 0.5) is 0 Å². The summed E-state index contributed by atoms with van der Waals surface area (Å²) >= 11 is 0. The zero-order chi connectivity index (χ0) is 19.5. The Morgan fingerprint density at radius 1 is 0.808 bits per heavy atom. The van der Waals surface area contributed by atoms with Crippen molar-refractivity contribution in [1.82, 2.24) is 0 Å². The van der Waals surface area contributed by atoms with Gasteiger partial charge in [0.2, 0.25) is 0 Å². The van der Waals surface area contributed by atoms with Crippen molar-refractivity contribution in [1.29, 1.82) is 0 Å². The van der Waals surface area contributed by atoms with Crippen LogP contribution in [0.25, 0.3) is 0 Å². The third kappa shape index (κ3) is 18.2. The molecule has 2 unspecified atom stereocenters. The molecule has 4 nitrogen and oxygen atoms in total. The molecule has 0 heterocycles. The van der Waals surface area contributed by atoms with Gasteiger partial charge in [-0.1, -0.05) is 79.8 Å². The molecule has 0 amide bonds. The molecule has 0 bridgehead atoms. The molecule has 0 spiro atoms. The summed E-state index contributed by atoms with van der Waals surface area (Å²) in [5, 5.41) is 27.7. The van der Waals surface area contributed by atoms with Crippen molar-refractivity contribution in [2.75, 3.05) is 0 Å². The molecular formula is C22H32O4. The minimum Gasteiger partial charge on any atom is -0.481 e. The fourth-order valence-corrected chi connectivity index (χ4v) is 1.90. The van der Waals surface area contributed by atoms with Gasteiger partial charge in [-0.3, -0.25) is 4.79 Å². The van der Waals surface area contributed by atoms with Gasteiger partial charge in [0.15, 0.2) is 0 Å². The van der Waals surface area contributed by atoms with E-state index >= 15 is 0 Å². The summed E-state index contributed by atoms with van der Waals surface area (Å²) in [4.78, 5) is 10.4. The molecule has 0 aromatic carbocycles. The summed E-state index contributed by atoms with van der Waals surface area (Å²) in [6.07, 6.45) is 25.1. The minimum atomic E-state index is -0.900. The SMILES string of the molecule is CCC=CCC(O)C=CC=CCC=CCC=CC=CC(O)CCC(=O)O. The maximum absolute atomic E-state index is 10.4. The first-order chi connectivity index (χ1) is 12.6. The zero-order valence-corrected chi connectivity index (χ0v) is 15.6. The largest absolute Gasteiger partial charge is 0.481 e. The van der Waals surface area contributed by atoms with Crippen LogP contribution in [0.2, 0.25) is 0 Å². The lowest BCUT2D eigenvalue weighted by Gasteiger charge is -2.00. The molecular weight excluding hydrogens is 328 g/mol. The van der Waals surface area contributed by atoms with Crippen molar-refractivity contribution in [2.45, 2.75) is 57.7 Å². The first kappa shape index (κ1) is 23.8. The third-order valence-corrected chi connectivity index (χ3v) is 3.31. The average Bonchev–Trinajstić information content (AvgIpc) is 2.61. The molecule has 0 saturated carbocycles. The van der Waals surface area contributed by atoms with Gasteiger partial charge >= 0.3 is 5.97 Å². The van der Waals surface area contributed by atoms with Crippen molar-refractivity contribution >= 4 is 5.97 Å². The zero-order valence-electron chi connectivity index (χ0n) is 15.6. The van der Waals surface area contributed by atoms with E-state index in [0.29, 0.717) is 6.42 Å². The molecule has 0 radical (unpaired) electrons. The van der Waals surface area contributed by atoms with Crippen LogP contribution in [-0.4, -0.2) is 33.5 Å². The molecule has 0 saturated heterocycles. The minimum absolute atomic E-state index is 0.0322. The van der Waals surface area contributed by atoms with E-state index in [2.05, 4.69) is 13.0 Å². The van der Waals surface area contributed by atoms with E-state index in [1.54, 1.807) is 18.2 Å². The molecule has 144 valence electrons. The summed E-state index contributed by atoms with van der Waals surface area (Å²) in [5.74, 6) is -0.900. The molecule has 0 aromatic rings. The first-order valence-electron chi connectivity index (χ1n) is 9.10. The Morgan fingerprint density at radius 3 is 1.92 bits per heavy atom. The Morgan fingerprint density at radius 2 is 1.38 bits per heavy atom. The molecule has 2 atom stereocenters. The fraction of sp³-hybridized carbons (Fsp3) is 0.409. The van der Waals surface area contributed by atoms with E-state index in [1.807, 2.05) is 48.6 Å². The Hall–Kier alpha value is -2.17. The Bertz CT molecular complexity index is 524. The number of aliphatic hydroxyl groups is 2. The highest BCUT2D eigenvalue weighted by atomic mass is 16.4. The monoisotopic (exact) mass is 360 g/mol. The summed E-state index contributed by atoms with van der Waals surface area (Å²) in [5.41, 5.74) is 0. The lowest BCUT2D eigenvalue weighted by Crippen LogP contribution is -2.05. The van der Waals surface area contributed by atoms with E-state index in [0.717, 1.165) is 19.3 Å². The molecule has 0 aliphatic rings. The predicted octanol–water partition coefficient (Wildman–Crippen LogP) is 4.49. The lowest BCUT2D eigenvalue weighted by molar-refractivity contribution is -0.137. The van der Waals surface area contributed by atoms with Crippen LogP contribution < -0.4 is 0 Å². The van der Waals surface area contributed by atoms with Crippen LogP contribution >= 0.6 is 0 Å². The maximum Gasteiger partial charge on any atom is 0.303 e. The van der Waals surface area contributed by atoms with Crippen LogP contribution in [-0.2, 0) is 4.79 Å². The number of aliphatic hydroxyl groups excluding tert-OH is 2. The molecule has 0 aliphatic carbocycles. The standard InChI is InChI=1S/C22H32O4/c1-2-3-12-15-20(23)16-13-10-8-6-4-5-7-9-11-14-17-21(24)18-19-22(25)26/h3-5,8-14,16-17,20-21,23-24H,2,6-7,15,18-19H2,1H3,(H,25,26). The lowest BCUT2D eigenvalue weighted by atomic mass is 10.2. The van der Waals surface area contributed by atoms with Gasteiger partial charge < -0.3 is 15.3 Å². The quantitative estimate of drug-likeness (QED) is 0.315. The van der Waals surface area contributed by atoms with Gasteiger partial charge in [0.25, 0.3) is 0 Å². The van der Waals surface area contributed by atoms with Crippen LogP contribution in [0, 0.1) is 0 Å². The van der Waals surface area contributed by atoms with Crippen molar-refractivity contribution < 1.29 is 20.1 Å². The van der Waals surface area contributed by atoms with Gasteiger partial charge in [0.1, 0.15) is 0 Å². The van der Waals surface area contributed by atoms with Gasteiger partial charge in [-0.05, 0) is 32.1 Å². The van der Waals surface area contributed by atoms with E-state index in [1.165, 1.54) is 0 Å². The number of rotatable bonds is 14. The number of carboxylic acid groups (broad SMARTS) is 1. The molecule has 26 heavy (non-hydrogen) atoms. The van der Waals surface area contributed by atoms with Crippen LogP contribution in [0.5, 0.6) is 0 Å². The van der Waals surface area contributed by atoms with E-state index in [-0.39, 0.29) is 12.8 Å². The number of allylic oxidation sites excluding steroid dienone is 9. The van der Waals surface area contributed by atoms with Gasteiger partial charge in [0.05, 0.1) is 12.2 Å². The molecule has 0 fully saturated rings. The van der Waals surface area contributed by atoms with Gasteiger partial charge in [-0.25, -0.2) is 0 Å². The Kier molecular flexibility index (Phi) is 16.2. The summed E-state index contributed by atoms with van der Waals surface area (Å²) in [7, 11) is 0. The van der Waals surface area contributed by atoms with E-state index in [9.17, 15) is 15.0 Å². The summed E-state index contributed by atoms with van der Waals surface area (Å²) in [6.45, 7) is 2.07. The fourth-order valence-electron chi connectivity index (χ4n) is 1.90. The van der Waals surface area contributed by atoms with Crippen molar-refractivity contribution in [3.8, 4) is 0 Å². The van der Waals surface area contributed by atoms with Crippen LogP contribution in [0.3, 0.4) is 0 Å². The molecule has 0 aromatic heterocycles. The second kappa shape index (κ2) is 17.6. The Labute approximate surface area is 157 Å². The highest BCUT2D eigenvalue weighted by Crippen LogP contribution is 2.00. The smallest absolute Gasteiger partial charge is 0.303 e. The molecule has 4 heteroatoms. The highest BCUT2D eigenvalue weighted by molar-refractivity contribution is 5.66. The molecule has 0 rings (SSSR count). The molecule has 3 N–H and O–H groups in total. The Balaban J connectivity index is 3.80. The van der Waals surface area contributed by atoms with E-state index in [4.69, 9.17) is 5.11 Å². The predicted molar refractivity (Wildman–Crippen MR) is 108 cm³/mol. The number of carboxylic acids is 1. The number of hydrogen-bond donors (Lipinski definition) is 3. The second-order valence-electron chi connectivity index (χ2n) is 5.75. The van der Waals surface area contributed by atoms with Crippen molar-refractivity contribution in [3.05, 3.63) is 72.9 Å². The topological polar surface area (TPSA) is 77.8 Å². The number of carbonyl (C=O) groups is 1. The van der Waals surface area contributed by atoms with Gasteiger partial charge in [-0.2, -0.15) is 0 Å². The second-order valence-corrected chi connectivity index (χ2v) is 5.75. The first-order valence-corrected chi connectivity index (χ1v) is 9.10. The number of hydrogen-bond acceptors (Lipinski definition) is 3. The summed E-state index contributed by atoms with van der Waals surface area (Å²) in [6, 6.07) is 0. The van der Waals surface area contributed by atoms with Crippen LogP contribution in [0.1, 0.15) is 45.4 Å². The van der Waals surface area contributed by atoms with Gasteiger partial charge in [-0.15, -0.1) is 0 Å². The van der Waals surface area contributed by atoms with Crippen molar-refractivity contribution in [3.63, 3.8) is 0 Å². The van der Waals surface area contributed by atoms with E-state index < -0.39 is 18.2 Å².